The molecule has 5 radical (unpaired) electrons. The zero-order chi connectivity index (χ0) is 16.2. The Bertz CT molecular complexity index is 309. The number of rotatable bonds is 0. The van der Waals surface area contributed by atoms with Gasteiger partial charge in [0.25, 0.3) is 0 Å². The largest absolute Gasteiger partial charge is 2.00 e. The van der Waals surface area contributed by atoms with Crippen molar-refractivity contribution in [3.63, 3.8) is 0 Å². The van der Waals surface area contributed by atoms with Gasteiger partial charge in [-0.25, -0.2) is 5.54 Å². The van der Waals surface area contributed by atoms with E-state index in [1.165, 1.54) is 0 Å². The van der Waals surface area contributed by atoms with E-state index in [2.05, 4.69) is 51.1 Å². The van der Waals surface area contributed by atoms with E-state index in [-0.39, 0.29) is 21.1 Å². The van der Waals surface area contributed by atoms with Crippen LogP contribution < -0.4 is 0 Å². The molecule has 1 saturated carbocycles. The molecule has 0 atom stereocenters. The van der Waals surface area contributed by atoms with Crippen LogP contribution in [0.2, 0.25) is 19.6 Å². The van der Waals surface area contributed by atoms with Crippen LogP contribution in [-0.4, -0.2) is 8.07 Å². The van der Waals surface area contributed by atoms with Gasteiger partial charge >= 0.3 is 55.0 Å². The Kier molecular flexibility index (Phi) is 48.8. The maximum absolute atomic E-state index is 7.50. The van der Waals surface area contributed by atoms with Crippen LogP contribution in [0.3, 0.4) is 0 Å². The first-order valence-corrected chi connectivity index (χ1v) is 8.28. The topological polar surface area (TPSA) is 59.7 Å². The van der Waals surface area contributed by atoms with Crippen molar-refractivity contribution in [3.8, 4) is 17.4 Å². The summed E-state index contributed by atoms with van der Waals surface area (Å²) in [5.74, 6) is 4.56. The van der Waals surface area contributed by atoms with E-state index < -0.39 is 8.07 Å². The van der Waals surface area contributed by atoms with E-state index >= 15 is 0 Å². The molecule has 3 nitrogen and oxygen atoms in total. The average molecular weight is 454 g/mol. The molecule has 0 saturated heterocycles. The van der Waals surface area contributed by atoms with Crippen LogP contribution in [0.25, 0.3) is 0 Å². The van der Waals surface area contributed by atoms with Crippen LogP contribution in [0.5, 0.6) is 0 Å². The van der Waals surface area contributed by atoms with Crippen LogP contribution >= 0.6 is 0 Å². The van der Waals surface area contributed by atoms with Gasteiger partial charge in [0, 0.05) is 0 Å². The smallest absolute Gasteiger partial charge is 0.0312 e. The quantitative estimate of drug-likeness (QED) is 0.234. The van der Waals surface area contributed by atoms with Crippen molar-refractivity contribution in [2.75, 3.05) is 0 Å². The molecule has 0 N–H and O–H groups in total. The zero-order valence-corrected chi connectivity index (χ0v) is 15.5. The molecule has 0 spiro atoms. The molecule has 0 unspecified atom stereocenters. The Balaban J connectivity index is -0.0000000542. The molecule has 1 aliphatic carbocycles. The molecule has 5 heteroatoms. The number of hydrogen-bond donors (Lipinski definition) is 0. The molecule has 0 aliphatic heterocycles. The van der Waals surface area contributed by atoms with E-state index in [0.29, 0.717) is 0 Å². The summed E-state index contributed by atoms with van der Waals surface area (Å²) in [7, 11) is -1.22. The van der Waals surface area contributed by atoms with E-state index in [1.807, 2.05) is 38.0 Å². The van der Waals surface area contributed by atoms with Gasteiger partial charge in [0.1, 0.15) is 8.07 Å². The summed E-state index contributed by atoms with van der Waals surface area (Å²) < 4.78 is 22.5. The molecule has 0 bridgehead atoms. The molecular formula is C15H14O3SiW+. The first-order valence-electron chi connectivity index (χ1n) is 4.78. The SMILES string of the molecule is [C-]#CC#C[Si](C)(C)C.[C-]#[O+].[C-]#[O+].[C-]#[O+].[CH]1[CH][CH][CH][CH]1.[W+2]. The van der Waals surface area contributed by atoms with Crippen molar-refractivity contribution < 1.29 is 35.0 Å². The third-order valence-corrected chi connectivity index (χ3v) is 1.93. The van der Waals surface area contributed by atoms with Crippen LogP contribution in [0.1, 0.15) is 0 Å². The molecule has 20 heavy (non-hydrogen) atoms. The van der Waals surface area contributed by atoms with Crippen LogP contribution in [0.15, 0.2) is 0 Å². The Morgan fingerprint density at radius 2 is 1.00 bits per heavy atom. The standard InChI is InChI=1S/C7H9Si.C5H5.3CO.W/c1-5-6-7-8(2,3)4;1-2-4-5-3-1;3*1-2;/h2-4H3;1-5H;;;;/q-1;;;;;+2. The van der Waals surface area contributed by atoms with Gasteiger partial charge in [-0.05, 0) is 32.1 Å². The summed E-state index contributed by atoms with van der Waals surface area (Å²) in [5, 5.41) is 0. The molecule has 0 aromatic rings. The molecule has 0 heterocycles. The minimum absolute atomic E-state index is 0. The Hall–Kier alpha value is -0.755. The van der Waals surface area contributed by atoms with Crippen molar-refractivity contribution >= 4 is 8.07 Å². The minimum Gasteiger partial charge on any atom is -0.0312 e. The van der Waals surface area contributed by atoms with Crippen molar-refractivity contribution in [1.82, 2.24) is 0 Å². The van der Waals surface area contributed by atoms with Crippen LogP contribution in [-0.2, 0) is 35.0 Å². The van der Waals surface area contributed by atoms with Gasteiger partial charge in [0.05, 0.1) is 0 Å². The van der Waals surface area contributed by atoms with Crippen LogP contribution in [0.4, 0.5) is 0 Å². The fraction of sp³-hybridized carbons (Fsp3) is 0.200. The fourth-order valence-electron chi connectivity index (χ4n) is 0.540. The second kappa shape index (κ2) is 30.9. The third kappa shape index (κ3) is 53.2. The maximum atomic E-state index is 7.50. The second-order valence-corrected chi connectivity index (χ2v) is 8.34. The third-order valence-electron chi connectivity index (χ3n) is 1.06. The van der Waals surface area contributed by atoms with E-state index in [1.54, 1.807) is 0 Å². The predicted octanol–water partition coefficient (Wildman–Crippen LogP) is 2.36. The first kappa shape index (κ1) is 31.6. The Labute approximate surface area is 138 Å². The second-order valence-electron chi connectivity index (χ2n) is 3.59. The van der Waals surface area contributed by atoms with Gasteiger partial charge in [0.2, 0.25) is 0 Å². The predicted molar refractivity (Wildman–Crippen MR) is 71.5 cm³/mol. The van der Waals surface area contributed by atoms with Crippen molar-refractivity contribution in [3.05, 3.63) is 58.5 Å². The molecule has 0 aromatic carbocycles. The van der Waals surface area contributed by atoms with Gasteiger partial charge in [0.15, 0.2) is 0 Å². The van der Waals surface area contributed by atoms with E-state index in [0.717, 1.165) is 0 Å². The normalized spacial score (nSPS) is 9.80. The summed E-state index contributed by atoms with van der Waals surface area (Å²) in [6.45, 7) is 19.9. The van der Waals surface area contributed by atoms with Crippen molar-refractivity contribution in [2.45, 2.75) is 19.6 Å². The molecule has 1 aliphatic rings. The van der Waals surface area contributed by atoms with Gasteiger partial charge in [-0.15, -0.1) is 0 Å². The molecule has 0 amide bonds. The fourth-order valence-corrected chi connectivity index (χ4v) is 0.977. The molecule has 1 rings (SSSR count). The Morgan fingerprint density at radius 1 is 0.750 bits per heavy atom. The molecular weight excluding hydrogens is 440 g/mol. The summed E-state index contributed by atoms with van der Waals surface area (Å²) in [6.07, 6.45) is 16.5. The van der Waals surface area contributed by atoms with Gasteiger partial charge in [-0.1, -0.05) is 19.6 Å². The number of hydrogen-bond acceptors (Lipinski definition) is 0. The monoisotopic (exact) mass is 454 g/mol. The van der Waals surface area contributed by atoms with Gasteiger partial charge in [-0.2, -0.15) is 0 Å². The minimum atomic E-state index is -1.22. The average Bonchev–Trinajstić information content (AvgIpc) is 3.02. The molecule has 1 fully saturated rings. The van der Waals surface area contributed by atoms with Crippen molar-refractivity contribution in [2.24, 2.45) is 0 Å². The summed E-state index contributed by atoms with van der Waals surface area (Å²) in [5.41, 5.74) is 2.96. The zero-order valence-electron chi connectivity index (χ0n) is 11.5. The summed E-state index contributed by atoms with van der Waals surface area (Å²) >= 11 is 0. The Morgan fingerprint density at radius 3 is 1.10 bits per heavy atom. The summed E-state index contributed by atoms with van der Waals surface area (Å²) in [4.78, 5) is 0. The maximum Gasteiger partial charge on any atom is 2.00 e. The van der Waals surface area contributed by atoms with Crippen molar-refractivity contribution in [1.29, 1.82) is 0 Å². The van der Waals surface area contributed by atoms with Gasteiger partial charge in [-0.3, -0.25) is 11.8 Å². The summed E-state index contributed by atoms with van der Waals surface area (Å²) in [6, 6.07) is 0. The van der Waals surface area contributed by atoms with E-state index in [9.17, 15) is 0 Å². The van der Waals surface area contributed by atoms with Crippen LogP contribution in [0, 0.1) is 75.9 Å². The molecule has 0 aromatic heterocycles. The van der Waals surface area contributed by atoms with Gasteiger partial charge < -0.3 is 6.42 Å². The molecule has 101 valence electrons. The van der Waals surface area contributed by atoms with E-state index in [4.69, 9.17) is 20.4 Å². The first-order chi connectivity index (χ1) is 9.06.